The number of hydrogen-bond acceptors (Lipinski definition) is 8. The Labute approximate surface area is 322 Å². The van der Waals surface area contributed by atoms with E-state index in [0.717, 1.165) is 11.1 Å². The maximum atomic E-state index is 14.6. The lowest BCUT2D eigenvalue weighted by Crippen LogP contribution is -2.58. The predicted molar refractivity (Wildman–Crippen MR) is 208 cm³/mol. The molecule has 6 atom stereocenters. The highest BCUT2D eigenvalue weighted by molar-refractivity contribution is 7.98. The number of carbonyl (C=O) groups is 6. The Morgan fingerprint density at radius 3 is 1.98 bits per heavy atom. The van der Waals surface area contributed by atoms with E-state index in [9.17, 15) is 28.8 Å². The molecule has 4 rings (SSSR count). The van der Waals surface area contributed by atoms with Crippen LogP contribution in [0, 0.1) is 11.8 Å². The SMILES string of the molecule is CSCC[C@H](NC(=O)[C@@H](CC(C)C)N1C[C@H]2CCN(C(=O)[C@H](Cc3ccccc3)NC(=O)[C@H](Cc3ccccc3)NC(=O)OC(C)(C)C)[C@H]2C1=O)C(N)=O. The fourth-order valence-electron chi connectivity index (χ4n) is 7.07. The lowest BCUT2D eigenvalue weighted by molar-refractivity contribution is -0.146. The van der Waals surface area contributed by atoms with E-state index in [1.165, 1.54) is 16.7 Å². The number of alkyl carbamates (subject to hydrolysis) is 1. The van der Waals surface area contributed by atoms with Crippen LogP contribution < -0.4 is 21.7 Å². The summed E-state index contributed by atoms with van der Waals surface area (Å²) in [5, 5.41) is 8.40. The smallest absolute Gasteiger partial charge is 0.408 e. The van der Waals surface area contributed by atoms with Crippen LogP contribution in [-0.2, 0) is 41.6 Å². The van der Waals surface area contributed by atoms with E-state index >= 15 is 0 Å². The maximum absolute atomic E-state index is 14.6. The van der Waals surface area contributed by atoms with Crippen molar-refractivity contribution in [1.29, 1.82) is 0 Å². The third-order valence-electron chi connectivity index (χ3n) is 9.60. The minimum atomic E-state index is -1.07. The topological polar surface area (TPSA) is 180 Å². The van der Waals surface area contributed by atoms with Gasteiger partial charge in [-0.15, -0.1) is 0 Å². The fourth-order valence-corrected chi connectivity index (χ4v) is 7.54. The molecule has 0 spiro atoms. The lowest BCUT2D eigenvalue weighted by Gasteiger charge is -2.32. The molecule has 0 aliphatic carbocycles. The van der Waals surface area contributed by atoms with Crippen molar-refractivity contribution in [3.63, 3.8) is 0 Å². The Balaban J connectivity index is 1.58. The first-order valence-corrected chi connectivity index (χ1v) is 20.0. The molecule has 2 saturated heterocycles. The standard InChI is InChI=1S/C40H56N6O7S/c1-25(2)21-32(36(49)42-29(34(41)47)18-20-54-6)46-24-28-17-19-45(33(28)38(46)51)37(50)31(23-27-15-11-8-12-16-27)43-35(48)30(22-26-13-9-7-10-14-26)44-39(52)53-40(3,4)5/h7-16,25,28-33H,17-24H2,1-6H3,(H2,41,47)(H,42,49)(H,43,48)(H,44,52)/t28-,29+,30+,31+,32-,33-/m1/s1. The second-order valence-corrected chi connectivity index (χ2v) is 16.5. The monoisotopic (exact) mass is 764 g/mol. The third-order valence-corrected chi connectivity index (χ3v) is 10.2. The number of fused-ring (bicyclic) bond motifs is 1. The van der Waals surface area contributed by atoms with Crippen molar-refractivity contribution in [2.45, 2.75) is 103 Å². The molecule has 2 heterocycles. The molecule has 54 heavy (non-hydrogen) atoms. The molecule has 0 saturated carbocycles. The Kier molecular flexibility index (Phi) is 14.9. The number of nitrogens with two attached hydrogens (primary N) is 1. The van der Waals surface area contributed by atoms with E-state index in [1.54, 1.807) is 25.7 Å². The van der Waals surface area contributed by atoms with Crippen molar-refractivity contribution < 1.29 is 33.5 Å². The highest BCUT2D eigenvalue weighted by atomic mass is 32.2. The van der Waals surface area contributed by atoms with Crippen LogP contribution in [0.25, 0.3) is 0 Å². The summed E-state index contributed by atoms with van der Waals surface area (Å²) in [6.45, 7) is 9.67. The molecule has 0 radical (unpaired) electrons. The molecule has 0 unspecified atom stereocenters. The summed E-state index contributed by atoms with van der Waals surface area (Å²) in [6, 6.07) is 13.8. The van der Waals surface area contributed by atoms with Gasteiger partial charge in [0, 0.05) is 31.8 Å². The van der Waals surface area contributed by atoms with Gasteiger partial charge in [-0.05, 0) is 69.1 Å². The summed E-state index contributed by atoms with van der Waals surface area (Å²) >= 11 is 1.53. The Morgan fingerprint density at radius 2 is 1.44 bits per heavy atom. The molecule has 2 aromatic carbocycles. The predicted octanol–water partition coefficient (Wildman–Crippen LogP) is 3.05. The summed E-state index contributed by atoms with van der Waals surface area (Å²) in [6.07, 6.45) is 2.68. The molecule has 14 heteroatoms. The number of ether oxygens (including phenoxy) is 1. The normalized spacial score (nSPS) is 19.1. The van der Waals surface area contributed by atoms with Crippen molar-refractivity contribution in [1.82, 2.24) is 25.8 Å². The van der Waals surface area contributed by atoms with E-state index in [-0.39, 0.29) is 37.1 Å². The van der Waals surface area contributed by atoms with E-state index in [4.69, 9.17) is 10.5 Å². The number of benzene rings is 2. The van der Waals surface area contributed by atoms with Crippen molar-refractivity contribution in [2.75, 3.05) is 25.1 Å². The Morgan fingerprint density at radius 1 is 0.870 bits per heavy atom. The second kappa shape index (κ2) is 19.1. The maximum Gasteiger partial charge on any atom is 0.408 e. The van der Waals surface area contributed by atoms with Crippen LogP contribution in [0.15, 0.2) is 60.7 Å². The number of carbonyl (C=O) groups excluding carboxylic acids is 6. The van der Waals surface area contributed by atoms with Crippen LogP contribution in [0.1, 0.15) is 65.0 Å². The van der Waals surface area contributed by atoms with Crippen molar-refractivity contribution in [3.8, 4) is 0 Å². The van der Waals surface area contributed by atoms with Gasteiger partial charge in [0.2, 0.25) is 29.5 Å². The summed E-state index contributed by atoms with van der Waals surface area (Å²) in [5.41, 5.74) is 6.40. The zero-order valence-corrected chi connectivity index (χ0v) is 33.0. The Hall–Kier alpha value is -4.59. The second-order valence-electron chi connectivity index (χ2n) is 15.5. The molecule has 294 valence electrons. The Bertz CT molecular complexity index is 1620. The van der Waals surface area contributed by atoms with Crippen LogP contribution >= 0.6 is 11.8 Å². The fraction of sp³-hybridized carbons (Fsp3) is 0.550. The van der Waals surface area contributed by atoms with Gasteiger partial charge < -0.3 is 36.2 Å². The first-order valence-electron chi connectivity index (χ1n) is 18.6. The molecule has 6 amide bonds. The number of nitrogens with one attached hydrogen (secondary N) is 3. The first-order chi connectivity index (χ1) is 25.6. The number of primary amides is 1. The molecule has 13 nitrogen and oxygen atoms in total. The van der Waals surface area contributed by atoms with Crippen molar-refractivity contribution in [2.24, 2.45) is 17.6 Å². The van der Waals surface area contributed by atoms with Crippen LogP contribution in [0.2, 0.25) is 0 Å². The zero-order valence-electron chi connectivity index (χ0n) is 32.2. The third kappa shape index (κ3) is 11.7. The van der Waals surface area contributed by atoms with Crippen molar-refractivity contribution in [3.05, 3.63) is 71.8 Å². The molecule has 2 aliphatic rings. The average Bonchev–Trinajstić information content (AvgIpc) is 3.67. The van der Waals surface area contributed by atoms with Gasteiger partial charge in [-0.1, -0.05) is 74.5 Å². The highest BCUT2D eigenvalue weighted by Gasteiger charge is 2.53. The van der Waals surface area contributed by atoms with Crippen LogP contribution in [0.3, 0.4) is 0 Å². The summed E-state index contributed by atoms with van der Waals surface area (Å²) < 4.78 is 5.46. The van der Waals surface area contributed by atoms with E-state index in [1.807, 2.05) is 80.8 Å². The number of nitrogens with zero attached hydrogens (tertiary/aromatic N) is 2. The number of amides is 6. The average molecular weight is 765 g/mol. The zero-order chi connectivity index (χ0) is 39.6. The van der Waals surface area contributed by atoms with E-state index < -0.39 is 65.5 Å². The van der Waals surface area contributed by atoms with Crippen LogP contribution in [0.4, 0.5) is 4.79 Å². The number of rotatable bonds is 17. The molecule has 5 N–H and O–H groups in total. The van der Waals surface area contributed by atoms with Gasteiger partial charge >= 0.3 is 6.09 Å². The van der Waals surface area contributed by atoms with Crippen LogP contribution in [0.5, 0.6) is 0 Å². The van der Waals surface area contributed by atoms with E-state index in [0.29, 0.717) is 31.6 Å². The highest BCUT2D eigenvalue weighted by Crippen LogP contribution is 2.35. The van der Waals surface area contributed by atoms with Crippen molar-refractivity contribution >= 4 is 47.4 Å². The number of hydrogen-bond donors (Lipinski definition) is 4. The largest absolute Gasteiger partial charge is 0.444 e. The van der Waals surface area contributed by atoms with Gasteiger partial charge in [-0.25, -0.2) is 4.79 Å². The summed E-state index contributed by atoms with van der Waals surface area (Å²) in [5.74, 6) is -1.98. The molecular formula is C40H56N6O7S. The molecule has 0 aromatic heterocycles. The van der Waals surface area contributed by atoms with Gasteiger partial charge in [-0.3, -0.25) is 24.0 Å². The lowest BCUT2D eigenvalue weighted by atomic mass is 10.0. The van der Waals surface area contributed by atoms with E-state index in [2.05, 4.69) is 16.0 Å². The van der Waals surface area contributed by atoms with Gasteiger partial charge in [-0.2, -0.15) is 11.8 Å². The molecule has 2 fully saturated rings. The summed E-state index contributed by atoms with van der Waals surface area (Å²) in [7, 11) is 0. The van der Waals surface area contributed by atoms with Crippen LogP contribution in [-0.4, -0.2) is 106 Å². The minimum Gasteiger partial charge on any atom is -0.444 e. The van der Waals surface area contributed by atoms with Gasteiger partial charge in [0.1, 0.15) is 35.8 Å². The number of thioether (sulfide) groups is 1. The molecule has 2 aliphatic heterocycles. The minimum absolute atomic E-state index is 0.0496. The first kappa shape index (κ1) is 42.2. The molecule has 0 bridgehead atoms. The van der Waals surface area contributed by atoms with Gasteiger partial charge in [0.15, 0.2) is 0 Å². The van der Waals surface area contributed by atoms with Gasteiger partial charge in [0.25, 0.3) is 0 Å². The molecular weight excluding hydrogens is 709 g/mol. The molecule has 2 aromatic rings. The summed E-state index contributed by atoms with van der Waals surface area (Å²) in [4.78, 5) is 84.8. The quantitative estimate of drug-likeness (QED) is 0.190. The number of likely N-dealkylation sites (tertiary alicyclic amines) is 2. The van der Waals surface area contributed by atoms with Gasteiger partial charge in [0.05, 0.1) is 0 Å².